The van der Waals surface area contributed by atoms with Gasteiger partial charge in [0.25, 0.3) is 0 Å². The van der Waals surface area contributed by atoms with Crippen LogP contribution in [-0.2, 0) is 5.31 Å². The van der Waals surface area contributed by atoms with E-state index >= 15 is 0 Å². The van der Waals surface area contributed by atoms with E-state index in [0.717, 1.165) is 0 Å². The van der Waals surface area contributed by atoms with E-state index in [9.17, 15) is 0 Å². The van der Waals surface area contributed by atoms with Crippen molar-refractivity contribution in [3.63, 3.8) is 0 Å². The summed E-state index contributed by atoms with van der Waals surface area (Å²) in [4.78, 5) is 0. The second kappa shape index (κ2) is 3.12. The second-order valence-corrected chi connectivity index (χ2v) is 3.38. The third-order valence-electron chi connectivity index (χ3n) is 2.24. The standard InChI is InChI=1S/C10H14B/c1-10(2,11-3)9-7-5-4-6-8-9/h4-8H,1-3H3. The van der Waals surface area contributed by atoms with Gasteiger partial charge in [0.05, 0.1) is 0 Å². The van der Waals surface area contributed by atoms with Crippen LogP contribution in [0.3, 0.4) is 0 Å². The van der Waals surface area contributed by atoms with E-state index in [1.54, 1.807) is 0 Å². The molecule has 0 bridgehead atoms. The fourth-order valence-corrected chi connectivity index (χ4v) is 1.03. The zero-order chi connectivity index (χ0) is 8.32. The van der Waals surface area contributed by atoms with Gasteiger partial charge in [0.2, 0.25) is 0 Å². The van der Waals surface area contributed by atoms with Crippen LogP contribution in [0.1, 0.15) is 19.4 Å². The maximum absolute atomic E-state index is 2.22. The van der Waals surface area contributed by atoms with Gasteiger partial charge in [0.1, 0.15) is 7.28 Å². The molecule has 57 valence electrons. The molecule has 11 heavy (non-hydrogen) atoms. The fourth-order valence-electron chi connectivity index (χ4n) is 1.03. The largest absolute Gasteiger partial charge is 0.119 e. The molecule has 0 saturated heterocycles. The molecule has 0 spiro atoms. The first-order valence-corrected chi connectivity index (χ1v) is 4.03. The first-order valence-electron chi connectivity index (χ1n) is 4.03. The lowest BCUT2D eigenvalue weighted by Gasteiger charge is -2.22. The SMILES string of the molecule is C[B]C(C)(C)c1ccccc1. The van der Waals surface area contributed by atoms with Crippen molar-refractivity contribution in [1.29, 1.82) is 0 Å². The number of benzene rings is 1. The molecular weight excluding hydrogens is 131 g/mol. The number of hydrogen-bond acceptors (Lipinski definition) is 0. The third-order valence-corrected chi connectivity index (χ3v) is 2.24. The first-order chi connectivity index (χ1) is 5.17. The van der Waals surface area contributed by atoms with Crippen molar-refractivity contribution in [2.75, 3.05) is 0 Å². The molecule has 0 aliphatic heterocycles. The maximum Gasteiger partial charge on any atom is 0.119 e. The second-order valence-electron chi connectivity index (χ2n) is 3.38. The summed E-state index contributed by atoms with van der Waals surface area (Å²) >= 11 is 0. The molecule has 0 saturated carbocycles. The van der Waals surface area contributed by atoms with Crippen molar-refractivity contribution in [3.8, 4) is 0 Å². The Labute approximate surface area is 69.9 Å². The minimum absolute atomic E-state index is 0.210. The molecule has 0 N–H and O–H groups in total. The lowest BCUT2D eigenvalue weighted by atomic mass is 9.53. The maximum atomic E-state index is 2.22. The molecule has 0 nitrogen and oxygen atoms in total. The van der Waals surface area contributed by atoms with Gasteiger partial charge in [-0.1, -0.05) is 56.6 Å². The highest BCUT2D eigenvalue weighted by molar-refractivity contribution is 6.38. The van der Waals surface area contributed by atoms with E-state index in [0.29, 0.717) is 0 Å². The summed E-state index contributed by atoms with van der Waals surface area (Å²) in [5.41, 5.74) is 1.38. The van der Waals surface area contributed by atoms with Crippen LogP contribution in [-0.4, -0.2) is 7.28 Å². The van der Waals surface area contributed by atoms with Crippen molar-refractivity contribution >= 4 is 7.28 Å². The quantitative estimate of drug-likeness (QED) is 0.561. The molecule has 1 heteroatoms. The molecule has 0 fully saturated rings. The van der Waals surface area contributed by atoms with Gasteiger partial charge in [-0.2, -0.15) is 0 Å². The van der Waals surface area contributed by atoms with E-state index in [4.69, 9.17) is 0 Å². The summed E-state index contributed by atoms with van der Waals surface area (Å²) < 4.78 is 0. The molecule has 1 rings (SSSR count). The highest BCUT2D eigenvalue weighted by Gasteiger charge is 2.17. The molecule has 0 aliphatic carbocycles. The van der Waals surface area contributed by atoms with Gasteiger partial charge in [-0.05, 0) is 5.31 Å². The summed E-state index contributed by atoms with van der Waals surface area (Å²) in [5.74, 6) is 0. The molecule has 1 aromatic carbocycles. The van der Waals surface area contributed by atoms with Gasteiger partial charge in [-0.15, -0.1) is 0 Å². The summed E-state index contributed by atoms with van der Waals surface area (Å²) in [6.07, 6.45) is 0. The van der Waals surface area contributed by atoms with Crippen LogP contribution in [0, 0.1) is 0 Å². The summed E-state index contributed by atoms with van der Waals surface area (Å²) in [6.45, 7) is 6.55. The van der Waals surface area contributed by atoms with E-state index in [1.807, 2.05) is 0 Å². The monoisotopic (exact) mass is 145 g/mol. The van der Waals surface area contributed by atoms with E-state index in [1.165, 1.54) is 5.56 Å². The highest BCUT2D eigenvalue weighted by Crippen LogP contribution is 2.20. The predicted octanol–water partition coefficient (Wildman–Crippen LogP) is 2.67. The van der Waals surface area contributed by atoms with Crippen LogP contribution in [0.5, 0.6) is 0 Å². The fraction of sp³-hybridized carbons (Fsp3) is 0.400. The molecule has 1 aromatic rings. The van der Waals surface area contributed by atoms with Crippen LogP contribution in [0.2, 0.25) is 6.82 Å². The lowest BCUT2D eigenvalue weighted by Crippen LogP contribution is -2.22. The summed E-state index contributed by atoms with van der Waals surface area (Å²) in [7, 11) is 2.22. The Bertz CT molecular complexity index is 214. The minimum atomic E-state index is 0.210. The zero-order valence-electron chi connectivity index (χ0n) is 7.46. The highest BCUT2D eigenvalue weighted by atomic mass is 14.1. The van der Waals surface area contributed by atoms with Gasteiger partial charge >= 0.3 is 0 Å². The van der Waals surface area contributed by atoms with Crippen LogP contribution < -0.4 is 0 Å². The van der Waals surface area contributed by atoms with Crippen LogP contribution >= 0.6 is 0 Å². The predicted molar refractivity (Wildman–Crippen MR) is 51.1 cm³/mol. The minimum Gasteiger partial charge on any atom is -0.0911 e. The molecule has 0 amide bonds. The van der Waals surface area contributed by atoms with E-state index < -0.39 is 0 Å². The Kier molecular flexibility index (Phi) is 2.38. The Morgan fingerprint density at radius 3 is 2.09 bits per heavy atom. The molecule has 0 atom stereocenters. The smallest absolute Gasteiger partial charge is 0.0911 e. The van der Waals surface area contributed by atoms with Gasteiger partial charge in [0.15, 0.2) is 0 Å². The Morgan fingerprint density at radius 1 is 1.09 bits per heavy atom. The lowest BCUT2D eigenvalue weighted by molar-refractivity contribution is 0.752. The molecule has 0 heterocycles. The number of rotatable bonds is 2. The molecule has 0 aliphatic rings. The van der Waals surface area contributed by atoms with Crippen LogP contribution in [0.15, 0.2) is 30.3 Å². The number of hydrogen-bond donors (Lipinski definition) is 0. The molecule has 0 aromatic heterocycles. The van der Waals surface area contributed by atoms with E-state index in [-0.39, 0.29) is 5.31 Å². The van der Waals surface area contributed by atoms with Crippen molar-refractivity contribution < 1.29 is 0 Å². The Balaban J connectivity index is 2.93. The van der Waals surface area contributed by atoms with Crippen LogP contribution in [0.25, 0.3) is 0 Å². The average molecular weight is 145 g/mol. The van der Waals surface area contributed by atoms with Crippen molar-refractivity contribution in [2.24, 2.45) is 0 Å². The average Bonchev–Trinajstić information content (AvgIpc) is 2.06. The van der Waals surface area contributed by atoms with Crippen molar-refractivity contribution in [2.45, 2.75) is 26.0 Å². The molecule has 0 unspecified atom stereocenters. The summed E-state index contributed by atoms with van der Waals surface area (Å²) in [6, 6.07) is 10.6. The molecule has 1 radical (unpaired) electrons. The van der Waals surface area contributed by atoms with Gasteiger partial charge in [0, 0.05) is 0 Å². The normalized spacial score (nSPS) is 11.2. The summed E-state index contributed by atoms with van der Waals surface area (Å²) in [5, 5.41) is 0.210. The van der Waals surface area contributed by atoms with E-state index in [2.05, 4.69) is 58.3 Å². The van der Waals surface area contributed by atoms with Gasteiger partial charge < -0.3 is 0 Å². The third kappa shape index (κ3) is 1.86. The Hall–Kier alpha value is -0.715. The molecular formula is C10H14B. The van der Waals surface area contributed by atoms with Gasteiger partial charge in [-0.25, -0.2) is 0 Å². The van der Waals surface area contributed by atoms with Gasteiger partial charge in [-0.3, -0.25) is 0 Å². The Morgan fingerprint density at radius 2 is 1.64 bits per heavy atom. The van der Waals surface area contributed by atoms with Crippen molar-refractivity contribution in [1.82, 2.24) is 0 Å². The first kappa shape index (κ1) is 8.38. The zero-order valence-corrected chi connectivity index (χ0v) is 7.46. The van der Waals surface area contributed by atoms with Crippen LogP contribution in [0.4, 0.5) is 0 Å². The topological polar surface area (TPSA) is 0 Å². The van der Waals surface area contributed by atoms with Crippen molar-refractivity contribution in [3.05, 3.63) is 35.9 Å².